The third-order valence-corrected chi connectivity index (χ3v) is 5.91. The Morgan fingerprint density at radius 1 is 1.35 bits per heavy atom. The molecule has 3 atom stereocenters. The molecular weight excluding hydrogens is 340 g/mol. The van der Waals surface area contributed by atoms with Gasteiger partial charge in [-0.1, -0.05) is 39.7 Å². The molecule has 3 aliphatic rings. The van der Waals surface area contributed by atoms with Crippen LogP contribution in [-0.2, 0) is 15.1 Å². The smallest absolute Gasteiger partial charge is 0.106 e. The SMILES string of the molecule is COC=CC12CCC(c3ccc(Cl)cc3)(OC1)C(Br)C2. The van der Waals surface area contributed by atoms with Crippen molar-refractivity contribution in [3.05, 3.63) is 47.2 Å². The second kappa shape index (κ2) is 5.36. The average Bonchev–Trinajstić information content (AvgIpc) is 2.47. The Morgan fingerprint density at radius 3 is 2.65 bits per heavy atom. The molecule has 3 unspecified atom stereocenters. The fourth-order valence-corrected chi connectivity index (χ4v) is 4.73. The number of alkyl halides is 1. The van der Waals surface area contributed by atoms with Gasteiger partial charge in [-0.15, -0.1) is 0 Å². The van der Waals surface area contributed by atoms with Crippen LogP contribution in [0.1, 0.15) is 24.8 Å². The summed E-state index contributed by atoms with van der Waals surface area (Å²) in [5.41, 5.74) is 1.11. The molecule has 2 saturated heterocycles. The summed E-state index contributed by atoms with van der Waals surface area (Å²) in [7, 11) is 1.68. The summed E-state index contributed by atoms with van der Waals surface area (Å²) in [6, 6.07) is 8.05. The maximum absolute atomic E-state index is 6.31. The third kappa shape index (κ3) is 2.30. The van der Waals surface area contributed by atoms with Crippen molar-refractivity contribution >= 4 is 27.5 Å². The summed E-state index contributed by atoms with van der Waals surface area (Å²) in [6.07, 6.45) is 7.14. The van der Waals surface area contributed by atoms with E-state index in [0.29, 0.717) is 4.83 Å². The first-order valence-electron chi connectivity index (χ1n) is 6.85. The van der Waals surface area contributed by atoms with Gasteiger partial charge in [0.25, 0.3) is 0 Å². The highest BCUT2D eigenvalue weighted by atomic mass is 79.9. The van der Waals surface area contributed by atoms with E-state index < -0.39 is 0 Å². The van der Waals surface area contributed by atoms with Crippen LogP contribution < -0.4 is 0 Å². The van der Waals surface area contributed by atoms with Crippen molar-refractivity contribution in [2.45, 2.75) is 29.7 Å². The number of hydrogen-bond donors (Lipinski definition) is 0. The first-order chi connectivity index (χ1) is 9.60. The summed E-state index contributed by atoms with van der Waals surface area (Å²) in [4.78, 5) is 0.306. The van der Waals surface area contributed by atoms with Gasteiger partial charge in [-0.3, -0.25) is 0 Å². The summed E-state index contributed by atoms with van der Waals surface area (Å²) < 4.78 is 11.4. The molecule has 20 heavy (non-hydrogen) atoms. The van der Waals surface area contributed by atoms with Gasteiger partial charge in [0.15, 0.2) is 0 Å². The van der Waals surface area contributed by atoms with Gasteiger partial charge in [0.2, 0.25) is 0 Å². The van der Waals surface area contributed by atoms with Crippen LogP contribution in [0, 0.1) is 5.41 Å². The van der Waals surface area contributed by atoms with E-state index in [-0.39, 0.29) is 11.0 Å². The standard InChI is InChI=1S/C16H18BrClO2/c1-19-9-8-15-6-7-16(20-11-15,14(17)10-15)12-2-4-13(18)5-3-12/h2-5,8-9,14H,6-7,10-11H2,1H3. The molecule has 3 fully saturated rings. The van der Waals surface area contributed by atoms with Crippen LogP contribution in [0.4, 0.5) is 0 Å². The average molecular weight is 358 g/mol. The van der Waals surface area contributed by atoms with Crippen LogP contribution in [0.2, 0.25) is 5.02 Å². The van der Waals surface area contributed by atoms with Gasteiger partial charge in [-0.25, -0.2) is 0 Å². The van der Waals surface area contributed by atoms with Crippen LogP contribution in [0.25, 0.3) is 0 Å². The number of fused-ring (bicyclic) bond motifs is 3. The van der Waals surface area contributed by atoms with Crippen molar-refractivity contribution in [2.24, 2.45) is 5.41 Å². The lowest BCUT2D eigenvalue weighted by molar-refractivity contribution is -0.167. The monoisotopic (exact) mass is 356 g/mol. The van der Waals surface area contributed by atoms with E-state index in [0.717, 1.165) is 30.9 Å². The first kappa shape index (κ1) is 14.4. The van der Waals surface area contributed by atoms with E-state index in [9.17, 15) is 0 Å². The highest BCUT2D eigenvalue weighted by Crippen LogP contribution is 2.56. The molecule has 0 radical (unpaired) electrons. The van der Waals surface area contributed by atoms with E-state index in [1.807, 2.05) is 12.1 Å². The molecule has 0 aromatic heterocycles. The van der Waals surface area contributed by atoms with Crippen molar-refractivity contribution in [3.63, 3.8) is 0 Å². The fourth-order valence-electron chi connectivity index (χ4n) is 3.33. The van der Waals surface area contributed by atoms with Gasteiger partial charge in [-0.05, 0) is 43.0 Å². The largest absolute Gasteiger partial charge is 0.505 e. The molecule has 1 aromatic rings. The number of halogens is 2. The Morgan fingerprint density at radius 2 is 2.10 bits per heavy atom. The molecule has 4 heteroatoms. The van der Waals surface area contributed by atoms with Crippen molar-refractivity contribution < 1.29 is 9.47 Å². The predicted molar refractivity (Wildman–Crippen MR) is 84.2 cm³/mol. The van der Waals surface area contributed by atoms with E-state index >= 15 is 0 Å². The highest BCUT2D eigenvalue weighted by molar-refractivity contribution is 9.09. The van der Waals surface area contributed by atoms with Gasteiger partial charge in [-0.2, -0.15) is 0 Å². The second-order valence-corrected chi connectivity index (χ2v) is 7.30. The summed E-state index contributed by atoms with van der Waals surface area (Å²) in [5, 5.41) is 0.764. The zero-order valence-corrected chi connectivity index (χ0v) is 13.8. The molecule has 1 saturated carbocycles. The molecule has 2 heterocycles. The Hall–Kier alpha value is -0.510. The van der Waals surface area contributed by atoms with Crippen molar-refractivity contribution in [1.82, 2.24) is 0 Å². The molecule has 2 aliphatic heterocycles. The first-order valence-corrected chi connectivity index (χ1v) is 8.14. The summed E-state index contributed by atoms with van der Waals surface area (Å²) >= 11 is 9.84. The minimum atomic E-state index is -0.215. The van der Waals surface area contributed by atoms with Crippen LogP contribution >= 0.6 is 27.5 Å². The van der Waals surface area contributed by atoms with Gasteiger partial charge in [0, 0.05) is 15.3 Å². The Labute approximate surface area is 133 Å². The lowest BCUT2D eigenvalue weighted by atomic mass is 9.64. The van der Waals surface area contributed by atoms with E-state index in [1.54, 1.807) is 13.4 Å². The molecule has 2 nitrogen and oxygen atoms in total. The highest BCUT2D eigenvalue weighted by Gasteiger charge is 2.54. The number of methoxy groups -OCH3 is 1. The van der Waals surface area contributed by atoms with Gasteiger partial charge >= 0.3 is 0 Å². The second-order valence-electron chi connectivity index (χ2n) is 5.76. The maximum atomic E-state index is 6.31. The molecular formula is C16H18BrClO2. The fraction of sp³-hybridized carbons (Fsp3) is 0.500. The van der Waals surface area contributed by atoms with Gasteiger partial charge in [0.1, 0.15) is 5.60 Å². The van der Waals surface area contributed by atoms with Crippen LogP contribution in [0.15, 0.2) is 36.6 Å². The lowest BCUT2D eigenvalue weighted by Gasteiger charge is -2.55. The minimum Gasteiger partial charge on any atom is -0.505 e. The van der Waals surface area contributed by atoms with Crippen molar-refractivity contribution in [1.29, 1.82) is 0 Å². The minimum absolute atomic E-state index is 0.109. The molecule has 0 amide bonds. The van der Waals surface area contributed by atoms with Gasteiger partial charge in [0.05, 0.1) is 20.0 Å². The predicted octanol–water partition coefficient (Wildman–Crippen LogP) is 4.66. The normalized spacial score (nSPS) is 36.5. The zero-order valence-electron chi connectivity index (χ0n) is 11.4. The Kier molecular flexibility index (Phi) is 3.87. The molecule has 0 N–H and O–H groups in total. The third-order valence-electron chi connectivity index (χ3n) is 4.59. The van der Waals surface area contributed by atoms with Crippen molar-refractivity contribution in [2.75, 3.05) is 13.7 Å². The quantitative estimate of drug-likeness (QED) is 0.578. The Balaban J connectivity index is 1.88. The number of rotatable bonds is 3. The molecule has 0 spiro atoms. The van der Waals surface area contributed by atoms with Gasteiger partial charge < -0.3 is 9.47 Å². The van der Waals surface area contributed by atoms with Crippen LogP contribution in [-0.4, -0.2) is 18.5 Å². The number of ether oxygens (including phenoxy) is 2. The molecule has 1 aromatic carbocycles. The topological polar surface area (TPSA) is 18.5 Å². The lowest BCUT2D eigenvalue weighted by Crippen LogP contribution is -2.55. The summed E-state index contributed by atoms with van der Waals surface area (Å²) in [5.74, 6) is 0. The van der Waals surface area contributed by atoms with E-state index in [2.05, 4.69) is 34.1 Å². The summed E-state index contributed by atoms with van der Waals surface area (Å²) in [6.45, 7) is 0.748. The van der Waals surface area contributed by atoms with Crippen LogP contribution in [0.5, 0.6) is 0 Å². The molecule has 1 aliphatic carbocycles. The molecule has 4 rings (SSSR count). The Bertz CT molecular complexity index is 504. The van der Waals surface area contributed by atoms with E-state index in [4.69, 9.17) is 21.1 Å². The maximum Gasteiger partial charge on any atom is 0.106 e. The zero-order chi connectivity index (χ0) is 14.2. The molecule has 108 valence electrons. The van der Waals surface area contributed by atoms with Crippen LogP contribution in [0.3, 0.4) is 0 Å². The number of benzene rings is 1. The van der Waals surface area contributed by atoms with Crippen molar-refractivity contribution in [3.8, 4) is 0 Å². The van der Waals surface area contributed by atoms with E-state index in [1.165, 1.54) is 5.56 Å². The number of hydrogen-bond acceptors (Lipinski definition) is 2. The molecule has 2 bridgehead atoms.